The maximum absolute atomic E-state index is 12.3. The van der Waals surface area contributed by atoms with Crippen molar-refractivity contribution in [2.45, 2.75) is 51.6 Å². The van der Waals surface area contributed by atoms with Crippen molar-refractivity contribution >= 4 is 18.3 Å². The van der Waals surface area contributed by atoms with Crippen LogP contribution in [0.3, 0.4) is 0 Å². The Bertz CT molecular complexity index is 474. The van der Waals surface area contributed by atoms with Gasteiger partial charge in [-0.2, -0.15) is 0 Å². The molecule has 0 aromatic heterocycles. The Morgan fingerprint density at radius 2 is 2.05 bits per heavy atom. The fraction of sp³-hybridized carbons (Fsp3) is 0.588. The zero-order valence-corrected chi connectivity index (χ0v) is 14.2. The third kappa shape index (κ3) is 4.89. The monoisotopic (exact) mass is 326 g/mol. The molecular weight excluding hydrogens is 300 g/mol. The summed E-state index contributed by atoms with van der Waals surface area (Å²) in [6.45, 7) is 5.15. The number of carbonyl (C=O) groups excluding carboxylic acids is 1. The molecule has 2 unspecified atom stereocenters. The molecule has 0 saturated heterocycles. The van der Waals surface area contributed by atoms with E-state index in [9.17, 15) is 4.79 Å². The Balaban J connectivity index is 0.00000242. The van der Waals surface area contributed by atoms with Gasteiger partial charge in [-0.1, -0.05) is 25.0 Å². The summed E-state index contributed by atoms with van der Waals surface area (Å²) in [6, 6.07) is 7.82. The van der Waals surface area contributed by atoms with Crippen molar-refractivity contribution in [2.75, 3.05) is 6.61 Å². The highest BCUT2D eigenvalue weighted by atomic mass is 35.5. The molecule has 1 saturated carbocycles. The molecule has 22 heavy (non-hydrogen) atoms. The van der Waals surface area contributed by atoms with Crippen molar-refractivity contribution in [2.24, 2.45) is 11.7 Å². The first-order valence-corrected chi connectivity index (χ1v) is 7.81. The zero-order chi connectivity index (χ0) is 15.3. The molecule has 0 spiro atoms. The van der Waals surface area contributed by atoms with Crippen LogP contribution in [-0.4, -0.2) is 18.1 Å². The van der Waals surface area contributed by atoms with E-state index in [0.717, 1.165) is 37.0 Å². The molecule has 0 heterocycles. The quantitative estimate of drug-likeness (QED) is 0.874. The number of rotatable bonds is 5. The molecule has 1 aromatic rings. The van der Waals surface area contributed by atoms with Crippen molar-refractivity contribution in [3.63, 3.8) is 0 Å². The van der Waals surface area contributed by atoms with Gasteiger partial charge in [0.25, 0.3) is 0 Å². The van der Waals surface area contributed by atoms with Gasteiger partial charge in [0.1, 0.15) is 5.75 Å². The van der Waals surface area contributed by atoms with Crippen LogP contribution in [0.25, 0.3) is 0 Å². The molecule has 0 aliphatic heterocycles. The Kier molecular flexibility index (Phi) is 7.17. The molecule has 4 nitrogen and oxygen atoms in total. The lowest BCUT2D eigenvalue weighted by atomic mass is 9.74. The SMILES string of the molecule is CCOc1ccc(CNC(=O)C2CCCCC2(C)N)cc1.Cl. The highest BCUT2D eigenvalue weighted by molar-refractivity contribution is 5.85. The van der Waals surface area contributed by atoms with Crippen LogP contribution in [0, 0.1) is 5.92 Å². The molecule has 3 N–H and O–H groups in total. The summed E-state index contributed by atoms with van der Waals surface area (Å²) >= 11 is 0. The molecule has 0 radical (unpaired) electrons. The minimum atomic E-state index is -0.374. The molecule has 2 atom stereocenters. The van der Waals surface area contributed by atoms with Gasteiger partial charge in [0, 0.05) is 12.1 Å². The number of benzene rings is 1. The number of nitrogens with two attached hydrogens (primary N) is 1. The topological polar surface area (TPSA) is 64.3 Å². The van der Waals surface area contributed by atoms with E-state index in [1.54, 1.807) is 0 Å². The van der Waals surface area contributed by atoms with Crippen molar-refractivity contribution in [3.05, 3.63) is 29.8 Å². The van der Waals surface area contributed by atoms with Gasteiger partial charge in [0.15, 0.2) is 0 Å². The van der Waals surface area contributed by atoms with Gasteiger partial charge in [0.2, 0.25) is 5.91 Å². The normalized spacial score (nSPS) is 24.2. The maximum Gasteiger partial charge on any atom is 0.225 e. The van der Waals surface area contributed by atoms with Crippen LogP contribution in [0.5, 0.6) is 5.75 Å². The summed E-state index contributed by atoms with van der Waals surface area (Å²) < 4.78 is 5.41. The lowest BCUT2D eigenvalue weighted by molar-refractivity contribution is -0.128. The van der Waals surface area contributed by atoms with Crippen LogP contribution < -0.4 is 15.8 Å². The van der Waals surface area contributed by atoms with E-state index in [0.29, 0.717) is 13.2 Å². The molecular formula is C17H27ClN2O2. The summed E-state index contributed by atoms with van der Waals surface area (Å²) in [4.78, 5) is 12.3. The van der Waals surface area contributed by atoms with E-state index in [4.69, 9.17) is 10.5 Å². The first kappa shape index (κ1) is 18.8. The molecule has 2 rings (SSSR count). The molecule has 1 fully saturated rings. The van der Waals surface area contributed by atoms with Crippen molar-refractivity contribution in [3.8, 4) is 5.75 Å². The number of nitrogens with one attached hydrogen (secondary N) is 1. The number of halogens is 1. The van der Waals surface area contributed by atoms with Gasteiger partial charge >= 0.3 is 0 Å². The van der Waals surface area contributed by atoms with Gasteiger partial charge in [-0.05, 0) is 44.4 Å². The number of carbonyl (C=O) groups is 1. The average molecular weight is 327 g/mol. The van der Waals surface area contributed by atoms with Crippen molar-refractivity contribution in [1.29, 1.82) is 0 Å². The molecule has 1 aliphatic carbocycles. The van der Waals surface area contributed by atoms with Gasteiger partial charge in [0.05, 0.1) is 12.5 Å². The third-order valence-corrected chi connectivity index (χ3v) is 4.27. The molecule has 124 valence electrons. The van der Waals surface area contributed by atoms with E-state index in [1.165, 1.54) is 0 Å². The molecule has 0 bridgehead atoms. The smallest absolute Gasteiger partial charge is 0.225 e. The van der Waals surface area contributed by atoms with E-state index < -0.39 is 0 Å². The maximum atomic E-state index is 12.3. The summed E-state index contributed by atoms with van der Waals surface area (Å²) in [5.74, 6) is 0.858. The number of amides is 1. The van der Waals surface area contributed by atoms with Crippen molar-refractivity contribution < 1.29 is 9.53 Å². The van der Waals surface area contributed by atoms with E-state index in [-0.39, 0.29) is 29.8 Å². The minimum Gasteiger partial charge on any atom is -0.494 e. The summed E-state index contributed by atoms with van der Waals surface area (Å²) in [6.07, 6.45) is 4.03. The zero-order valence-electron chi connectivity index (χ0n) is 13.4. The van der Waals surface area contributed by atoms with Crippen LogP contribution in [-0.2, 0) is 11.3 Å². The number of ether oxygens (including phenoxy) is 1. The van der Waals surface area contributed by atoms with E-state index in [2.05, 4.69) is 5.32 Å². The Hall–Kier alpha value is -1.26. The first-order valence-electron chi connectivity index (χ1n) is 7.81. The van der Waals surface area contributed by atoms with Gasteiger partial charge in [-0.3, -0.25) is 4.79 Å². The largest absolute Gasteiger partial charge is 0.494 e. The Morgan fingerprint density at radius 1 is 1.36 bits per heavy atom. The van der Waals surface area contributed by atoms with Crippen LogP contribution in [0.4, 0.5) is 0 Å². The van der Waals surface area contributed by atoms with Gasteiger partial charge < -0.3 is 15.8 Å². The van der Waals surface area contributed by atoms with Gasteiger partial charge in [-0.25, -0.2) is 0 Å². The van der Waals surface area contributed by atoms with E-state index >= 15 is 0 Å². The highest BCUT2D eigenvalue weighted by Gasteiger charge is 2.37. The Labute approximate surface area is 139 Å². The van der Waals surface area contributed by atoms with Crippen molar-refractivity contribution in [1.82, 2.24) is 5.32 Å². The molecule has 1 amide bonds. The number of hydrogen-bond donors (Lipinski definition) is 2. The van der Waals surface area contributed by atoms with Crippen LogP contribution in [0.1, 0.15) is 45.1 Å². The second-order valence-corrected chi connectivity index (χ2v) is 6.10. The number of hydrogen-bond acceptors (Lipinski definition) is 3. The van der Waals surface area contributed by atoms with Gasteiger partial charge in [-0.15, -0.1) is 12.4 Å². The van der Waals surface area contributed by atoms with Crippen LogP contribution >= 0.6 is 12.4 Å². The lowest BCUT2D eigenvalue weighted by Gasteiger charge is -2.37. The molecule has 5 heteroatoms. The minimum absolute atomic E-state index is 0. The third-order valence-electron chi connectivity index (χ3n) is 4.27. The molecule has 1 aliphatic rings. The summed E-state index contributed by atoms with van der Waals surface area (Å²) in [5.41, 5.74) is 6.96. The highest BCUT2D eigenvalue weighted by Crippen LogP contribution is 2.31. The predicted octanol–water partition coefficient (Wildman–Crippen LogP) is 3.03. The standard InChI is InChI=1S/C17H26N2O2.ClH/c1-3-21-14-9-7-13(8-10-14)12-19-16(20)15-6-4-5-11-17(15,2)18;/h7-10,15H,3-6,11-12,18H2,1-2H3,(H,19,20);1H. The fourth-order valence-electron chi connectivity index (χ4n) is 2.97. The summed E-state index contributed by atoms with van der Waals surface area (Å²) in [7, 11) is 0. The first-order chi connectivity index (χ1) is 10.0. The fourth-order valence-corrected chi connectivity index (χ4v) is 2.97. The van der Waals surface area contributed by atoms with Crippen LogP contribution in [0.15, 0.2) is 24.3 Å². The van der Waals surface area contributed by atoms with Crippen LogP contribution in [0.2, 0.25) is 0 Å². The van der Waals surface area contributed by atoms with E-state index in [1.807, 2.05) is 38.1 Å². The average Bonchev–Trinajstić information content (AvgIpc) is 2.46. The lowest BCUT2D eigenvalue weighted by Crippen LogP contribution is -2.52. The second-order valence-electron chi connectivity index (χ2n) is 6.10. The molecule has 1 aromatic carbocycles. The summed E-state index contributed by atoms with van der Waals surface area (Å²) in [5, 5.41) is 3.02. The second kappa shape index (κ2) is 8.39. The Morgan fingerprint density at radius 3 is 2.64 bits per heavy atom. The predicted molar refractivity (Wildman–Crippen MR) is 91.3 cm³/mol.